The van der Waals surface area contributed by atoms with Gasteiger partial charge in [0.1, 0.15) is 11.9 Å². The second kappa shape index (κ2) is 7.91. The van der Waals surface area contributed by atoms with Gasteiger partial charge in [0.2, 0.25) is 16.4 Å². The zero-order valence-electron chi connectivity index (χ0n) is 19.8. The van der Waals surface area contributed by atoms with Gasteiger partial charge >= 0.3 is 0 Å². The van der Waals surface area contributed by atoms with Crippen LogP contribution in [0.1, 0.15) is 63.0 Å². The number of hydrogen-bond donors (Lipinski definition) is 3. The van der Waals surface area contributed by atoms with Crippen molar-refractivity contribution >= 4 is 22.1 Å². The van der Waals surface area contributed by atoms with E-state index in [0.29, 0.717) is 37.1 Å². The Morgan fingerprint density at radius 2 is 2.09 bits per heavy atom. The molecule has 1 aromatic carbocycles. The van der Waals surface area contributed by atoms with Crippen LogP contribution in [-0.4, -0.2) is 67.5 Å². The first-order valence-corrected chi connectivity index (χ1v) is 14.5. The molecule has 2 bridgehead atoms. The predicted octanol–water partition coefficient (Wildman–Crippen LogP) is 1.91. The Bertz CT molecular complexity index is 1110. The number of ether oxygens (including phenoxy) is 1. The maximum atomic E-state index is 12.9. The van der Waals surface area contributed by atoms with E-state index in [9.17, 15) is 18.3 Å². The molecule has 1 spiro atoms. The summed E-state index contributed by atoms with van der Waals surface area (Å²) in [7, 11) is -3.46. The minimum absolute atomic E-state index is 0.00562. The lowest BCUT2D eigenvalue weighted by molar-refractivity contribution is -0.190. The fourth-order valence-electron chi connectivity index (χ4n) is 7.42. The Balaban J connectivity index is 1.44. The fraction of sp³-hybridized carbons (Fsp3) is 0.720. The van der Waals surface area contributed by atoms with E-state index in [1.54, 1.807) is 0 Å². The van der Waals surface area contributed by atoms with Gasteiger partial charge in [-0.25, -0.2) is 13.1 Å². The number of benzene rings is 1. The lowest BCUT2D eigenvalue weighted by Gasteiger charge is -2.64. The number of rotatable bonds is 9. The number of carbonyl (C=O) groups excluding carboxylic acids is 1. The SMILES string of the molecule is CCCCS(=O)(=O)NC1CC[C@@]2(O)[C@H]3Cc4ccc(NC=O)c5c4[C@@]2(CCN3CC2CC2)C1O5. The van der Waals surface area contributed by atoms with Crippen molar-refractivity contribution in [2.45, 2.75) is 87.5 Å². The van der Waals surface area contributed by atoms with Gasteiger partial charge in [0.15, 0.2) is 0 Å². The van der Waals surface area contributed by atoms with Crippen LogP contribution in [0, 0.1) is 5.92 Å². The summed E-state index contributed by atoms with van der Waals surface area (Å²) in [6.45, 7) is 3.87. The lowest BCUT2D eigenvalue weighted by atomic mass is 9.48. The standard InChI is InChI=1S/C25H35N3O5S/c1-2-3-12-34(31,32)27-19-8-9-25(30)20-13-17-6-7-18(26-15-29)22-21(17)24(25,23(19)33-22)10-11-28(20)14-16-4-5-16/h6-7,15-16,19-20,23,27,30H,2-5,8-14H2,1H3,(H,26,29)/t19?,20-,23?,24+,25-/m1/s1. The van der Waals surface area contributed by atoms with E-state index >= 15 is 0 Å². The zero-order chi connectivity index (χ0) is 23.7. The summed E-state index contributed by atoms with van der Waals surface area (Å²) in [6.07, 6.45) is 6.61. The zero-order valence-corrected chi connectivity index (χ0v) is 20.6. The topological polar surface area (TPSA) is 108 Å². The van der Waals surface area contributed by atoms with Crippen LogP contribution in [0.5, 0.6) is 5.75 Å². The van der Waals surface area contributed by atoms with Crippen LogP contribution < -0.4 is 14.8 Å². The first-order valence-electron chi connectivity index (χ1n) is 12.8. The van der Waals surface area contributed by atoms with Gasteiger partial charge in [-0.2, -0.15) is 0 Å². The van der Waals surface area contributed by atoms with Crippen LogP contribution in [0.4, 0.5) is 5.69 Å². The van der Waals surface area contributed by atoms with Gasteiger partial charge in [0.05, 0.1) is 28.5 Å². The summed E-state index contributed by atoms with van der Waals surface area (Å²) in [5.74, 6) is 1.44. The second-order valence-corrected chi connectivity index (χ2v) is 12.9. The third-order valence-corrected chi connectivity index (χ3v) is 10.6. The van der Waals surface area contributed by atoms with Crippen LogP contribution in [0.3, 0.4) is 0 Å². The van der Waals surface area contributed by atoms with Gasteiger partial charge in [-0.1, -0.05) is 19.4 Å². The van der Waals surface area contributed by atoms with E-state index in [1.807, 2.05) is 13.0 Å². The van der Waals surface area contributed by atoms with Crippen molar-refractivity contribution < 1.29 is 23.1 Å². The molecule has 5 aliphatic rings. The Kier molecular flexibility index (Phi) is 5.30. The highest BCUT2D eigenvalue weighted by Crippen LogP contribution is 2.65. The van der Waals surface area contributed by atoms with Gasteiger partial charge in [-0.05, 0) is 69.0 Å². The summed E-state index contributed by atoms with van der Waals surface area (Å²) in [4.78, 5) is 13.8. The molecule has 3 aliphatic carbocycles. The molecule has 0 radical (unpaired) electrons. The van der Waals surface area contributed by atoms with E-state index in [0.717, 1.165) is 49.4 Å². The number of nitrogens with one attached hydrogen (secondary N) is 2. The maximum Gasteiger partial charge on any atom is 0.211 e. The number of nitrogens with zero attached hydrogens (tertiary/aromatic N) is 1. The summed E-state index contributed by atoms with van der Waals surface area (Å²) < 4.78 is 35.3. The molecule has 1 amide bonds. The van der Waals surface area contributed by atoms with Crippen LogP contribution in [0.2, 0.25) is 0 Å². The molecule has 6 rings (SSSR count). The molecular formula is C25H35N3O5S. The highest BCUT2D eigenvalue weighted by Gasteiger charge is 2.73. The van der Waals surface area contributed by atoms with Crippen molar-refractivity contribution in [2.75, 3.05) is 24.2 Å². The molecule has 1 saturated heterocycles. The van der Waals surface area contributed by atoms with Crippen LogP contribution in [0.25, 0.3) is 0 Å². The number of sulfonamides is 1. The van der Waals surface area contributed by atoms with Crippen molar-refractivity contribution in [1.29, 1.82) is 0 Å². The summed E-state index contributed by atoms with van der Waals surface area (Å²) in [5.41, 5.74) is 1.06. The smallest absolute Gasteiger partial charge is 0.211 e. The van der Waals surface area contributed by atoms with E-state index in [1.165, 1.54) is 12.8 Å². The molecule has 5 atom stereocenters. The summed E-state index contributed by atoms with van der Waals surface area (Å²) in [5, 5.41) is 15.3. The molecule has 8 nitrogen and oxygen atoms in total. The average Bonchev–Trinajstić information content (AvgIpc) is 3.54. The number of aliphatic hydroxyl groups is 1. The minimum Gasteiger partial charge on any atom is -0.485 e. The Morgan fingerprint density at radius 1 is 1.26 bits per heavy atom. The van der Waals surface area contributed by atoms with Gasteiger partial charge in [0.25, 0.3) is 0 Å². The first kappa shape index (κ1) is 22.8. The number of amides is 1. The first-order chi connectivity index (χ1) is 16.3. The highest BCUT2D eigenvalue weighted by atomic mass is 32.2. The van der Waals surface area contributed by atoms with Crippen molar-refractivity contribution in [3.63, 3.8) is 0 Å². The third kappa shape index (κ3) is 3.20. The molecule has 9 heteroatoms. The third-order valence-electron chi connectivity index (χ3n) is 9.10. The number of unbranched alkanes of at least 4 members (excludes halogenated alkanes) is 1. The molecule has 1 aromatic rings. The van der Waals surface area contributed by atoms with E-state index in [2.05, 4.69) is 21.0 Å². The van der Waals surface area contributed by atoms with Crippen LogP contribution in [-0.2, 0) is 26.7 Å². The summed E-state index contributed by atoms with van der Waals surface area (Å²) >= 11 is 0. The molecular weight excluding hydrogens is 454 g/mol. The second-order valence-electron chi connectivity index (χ2n) is 11.0. The van der Waals surface area contributed by atoms with Gasteiger partial charge in [0, 0.05) is 18.2 Å². The summed E-state index contributed by atoms with van der Waals surface area (Å²) in [6, 6.07) is 3.51. The largest absolute Gasteiger partial charge is 0.485 e. The van der Waals surface area contributed by atoms with E-state index in [-0.39, 0.29) is 11.8 Å². The molecule has 0 aromatic heterocycles. The van der Waals surface area contributed by atoms with E-state index < -0.39 is 33.2 Å². The van der Waals surface area contributed by atoms with Crippen LogP contribution >= 0.6 is 0 Å². The van der Waals surface area contributed by atoms with Gasteiger partial charge < -0.3 is 15.2 Å². The number of likely N-dealkylation sites (tertiary alicyclic amines) is 1. The lowest BCUT2D eigenvalue weighted by Crippen LogP contribution is -2.78. The quantitative estimate of drug-likeness (QED) is 0.458. The van der Waals surface area contributed by atoms with Gasteiger partial charge in [-0.3, -0.25) is 9.69 Å². The van der Waals surface area contributed by atoms with E-state index in [4.69, 9.17) is 4.74 Å². The molecule has 2 aliphatic heterocycles. The average molecular weight is 490 g/mol. The van der Waals surface area contributed by atoms with Crippen LogP contribution in [0.15, 0.2) is 12.1 Å². The maximum absolute atomic E-state index is 12.9. The Morgan fingerprint density at radius 3 is 2.82 bits per heavy atom. The molecule has 2 saturated carbocycles. The molecule has 3 N–H and O–H groups in total. The number of anilines is 1. The minimum atomic E-state index is -3.46. The molecule has 186 valence electrons. The fourth-order valence-corrected chi connectivity index (χ4v) is 8.91. The normalized spacial score (nSPS) is 36.0. The molecule has 34 heavy (non-hydrogen) atoms. The number of hydrogen-bond acceptors (Lipinski definition) is 6. The van der Waals surface area contributed by atoms with Crippen molar-refractivity contribution in [3.8, 4) is 5.75 Å². The van der Waals surface area contributed by atoms with Crippen molar-refractivity contribution in [1.82, 2.24) is 9.62 Å². The molecule has 2 unspecified atom stereocenters. The number of piperidine rings is 1. The number of carbonyl (C=O) groups is 1. The Labute approximate surface area is 201 Å². The Hall–Kier alpha value is -1.68. The van der Waals surface area contributed by atoms with Crippen molar-refractivity contribution in [2.24, 2.45) is 5.92 Å². The monoisotopic (exact) mass is 489 g/mol. The van der Waals surface area contributed by atoms with Crippen molar-refractivity contribution in [3.05, 3.63) is 23.3 Å². The molecule has 3 fully saturated rings. The van der Waals surface area contributed by atoms with Gasteiger partial charge in [-0.15, -0.1) is 0 Å². The highest BCUT2D eigenvalue weighted by molar-refractivity contribution is 7.89. The predicted molar refractivity (Wildman–Crippen MR) is 128 cm³/mol. The molecule has 2 heterocycles.